The Morgan fingerprint density at radius 2 is 1.93 bits per heavy atom. The van der Waals surface area contributed by atoms with Gasteiger partial charge in [-0.1, -0.05) is 0 Å². The zero-order valence-corrected chi connectivity index (χ0v) is 15.7. The molecule has 1 heterocycles. The molecule has 1 saturated heterocycles. The van der Waals surface area contributed by atoms with Gasteiger partial charge in [-0.05, 0) is 31.4 Å². The molecule has 7 nitrogen and oxygen atoms in total. The highest BCUT2D eigenvalue weighted by Gasteiger charge is 2.27. The number of amides is 2. The molecule has 0 aromatic heterocycles. The van der Waals surface area contributed by atoms with Crippen LogP contribution in [0.2, 0.25) is 0 Å². The molecule has 0 unspecified atom stereocenters. The lowest BCUT2D eigenvalue weighted by Crippen LogP contribution is -2.45. The minimum absolute atomic E-state index is 0.0793. The van der Waals surface area contributed by atoms with Gasteiger partial charge in [0.15, 0.2) is 11.6 Å². The number of benzene rings is 1. The predicted octanol–water partition coefficient (Wildman–Crippen LogP) is 1.91. The van der Waals surface area contributed by atoms with Crippen molar-refractivity contribution in [3.63, 3.8) is 0 Å². The summed E-state index contributed by atoms with van der Waals surface area (Å²) in [5.74, 6) is -3.32. The van der Waals surface area contributed by atoms with Crippen LogP contribution >= 0.6 is 0 Å². The summed E-state index contributed by atoms with van der Waals surface area (Å²) >= 11 is 0. The van der Waals surface area contributed by atoms with E-state index in [1.54, 1.807) is 4.90 Å². The van der Waals surface area contributed by atoms with Gasteiger partial charge in [-0.25, -0.2) is 8.78 Å². The van der Waals surface area contributed by atoms with E-state index >= 15 is 0 Å². The Morgan fingerprint density at radius 3 is 2.54 bits per heavy atom. The molecule has 9 heteroatoms. The van der Waals surface area contributed by atoms with Crippen molar-refractivity contribution in [3.8, 4) is 5.75 Å². The maximum Gasteiger partial charge on any atom is 0.306 e. The fraction of sp³-hybridized carbons (Fsp3) is 0.526. The number of likely N-dealkylation sites (tertiary alicyclic amines) is 1. The highest BCUT2D eigenvalue weighted by molar-refractivity contribution is 5.84. The fourth-order valence-electron chi connectivity index (χ4n) is 2.96. The van der Waals surface area contributed by atoms with E-state index in [-0.39, 0.29) is 37.1 Å². The van der Waals surface area contributed by atoms with Gasteiger partial charge < -0.3 is 19.6 Å². The Hall–Kier alpha value is -2.71. The number of carboxylic acid groups (broad SMARTS) is 1. The lowest BCUT2D eigenvalue weighted by atomic mass is 9.97. The Kier molecular flexibility index (Phi) is 7.71. The highest BCUT2D eigenvalue weighted by atomic mass is 19.1. The second-order valence-electron chi connectivity index (χ2n) is 6.77. The molecule has 2 amide bonds. The average Bonchev–Trinajstić information content (AvgIpc) is 2.66. The van der Waals surface area contributed by atoms with Crippen LogP contribution in [0.1, 0.15) is 25.7 Å². The van der Waals surface area contributed by atoms with Gasteiger partial charge in [0.2, 0.25) is 11.8 Å². The van der Waals surface area contributed by atoms with Crippen molar-refractivity contribution in [2.45, 2.75) is 25.7 Å². The molecule has 154 valence electrons. The Balaban J connectivity index is 1.68. The zero-order valence-electron chi connectivity index (χ0n) is 15.7. The predicted molar refractivity (Wildman–Crippen MR) is 95.7 cm³/mol. The van der Waals surface area contributed by atoms with Crippen molar-refractivity contribution in [2.75, 3.05) is 33.3 Å². The molecule has 0 atom stereocenters. The van der Waals surface area contributed by atoms with Crippen LogP contribution in [0.4, 0.5) is 8.78 Å². The first-order chi connectivity index (χ1) is 13.3. The molecular formula is C19H24F2N2O5. The molecule has 1 aromatic rings. The molecule has 0 aliphatic carbocycles. The van der Waals surface area contributed by atoms with Crippen molar-refractivity contribution in [1.29, 1.82) is 0 Å². The maximum atomic E-state index is 13.4. The maximum absolute atomic E-state index is 13.4. The Labute approximate surface area is 161 Å². The topological polar surface area (TPSA) is 87.2 Å². The molecule has 2 rings (SSSR count). The van der Waals surface area contributed by atoms with Crippen LogP contribution in [0.25, 0.3) is 0 Å². The number of halogens is 2. The summed E-state index contributed by atoms with van der Waals surface area (Å²) in [7, 11) is 1.52. The lowest BCUT2D eigenvalue weighted by Gasteiger charge is -2.31. The molecule has 28 heavy (non-hydrogen) atoms. The van der Waals surface area contributed by atoms with E-state index < -0.39 is 23.5 Å². The second-order valence-corrected chi connectivity index (χ2v) is 6.77. The van der Waals surface area contributed by atoms with Gasteiger partial charge in [-0.15, -0.1) is 0 Å². The summed E-state index contributed by atoms with van der Waals surface area (Å²) in [4.78, 5) is 38.2. The quantitative estimate of drug-likeness (QED) is 0.676. The van der Waals surface area contributed by atoms with Gasteiger partial charge in [0.1, 0.15) is 5.82 Å². The van der Waals surface area contributed by atoms with Crippen molar-refractivity contribution in [1.82, 2.24) is 9.80 Å². The number of carbonyl (C=O) groups is 3. The standard InChI is InChI=1S/C19H24F2N2O5/c1-22(12-18(25)23-8-6-13(7-9-23)19(26)27)17(24)3-2-10-28-16-5-4-14(20)11-15(16)21/h4-5,11,13H,2-3,6-10,12H2,1H3,(H,26,27). The first-order valence-corrected chi connectivity index (χ1v) is 9.10. The molecule has 0 spiro atoms. The number of piperidine rings is 1. The van der Waals surface area contributed by atoms with Crippen LogP contribution in [0, 0.1) is 17.6 Å². The fourth-order valence-corrected chi connectivity index (χ4v) is 2.96. The third kappa shape index (κ3) is 6.17. The number of carbonyl (C=O) groups excluding carboxylic acids is 2. The van der Waals surface area contributed by atoms with Crippen molar-refractivity contribution in [3.05, 3.63) is 29.8 Å². The minimum Gasteiger partial charge on any atom is -0.491 e. The molecule has 0 bridgehead atoms. The second kappa shape index (κ2) is 10.0. The monoisotopic (exact) mass is 398 g/mol. The summed E-state index contributed by atoms with van der Waals surface area (Å²) in [5, 5.41) is 8.98. The largest absolute Gasteiger partial charge is 0.491 e. The third-order valence-corrected chi connectivity index (χ3v) is 4.68. The van der Waals surface area contributed by atoms with E-state index in [4.69, 9.17) is 9.84 Å². The van der Waals surface area contributed by atoms with Crippen LogP contribution in [0.15, 0.2) is 18.2 Å². The summed E-state index contributed by atoms with van der Waals surface area (Å²) in [6.45, 7) is 0.743. The number of nitrogens with zero attached hydrogens (tertiary/aromatic N) is 2. The van der Waals surface area contributed by atoms with Crippen LogP contribution in [-0.2, 0) is 14.4 Å². The van der Waals surface area contributed by atoms with Gasteiger partial charge >= 0.3 is 5.97 Å². The van der Waals surface area contributed by atoms with E-state index in [1.165, 1.54) is 18.0 Å². The molecule has 1 N–H and O–H groups in total. The Morgan fingerprint density at radius 1 is 1.25 bits per heavy atom. The summed E-state index contributed by atoms with van der Waals surface area (Å²) in [6.07, 6.45) is 1.26. The number of rotatable bonds is 8. The van der Waals surface area contributed by atoms with E-state index in [2.05, 4.69) is 0 Å². The molecular weight excluding hydrogens is 374 g/mol. The molecule has 1 aliphatic rings. The zero-order chi connectivity index (χ0) is 20.7. The first-order valence-electron chi connectivity index (χ1n) is 9.10. The summed E-state index contributed by atoms with van der Waals surface area (Å²) < 4.78 is 31.5. The number of aliphatic carboxylic acids is 1. The van der Waals surface area contributed by atoms with E-state index in [0.29, 0.717) is 32.4 Å². The average molecular weight is 398 g/mol. The summed E-state index contributed by atoms with van der Waals surface area (Å²) in [6, 6.07) is 2.99. The van der Waals surface area contributed by atoms with E-state index in [9.17, 15) is 23.2 Å². The number of likely N-dealkylation sites (N-methyl/N-ethyl adjacent to an activating group) is 1. The third-order valence-electron chi connectivity index (χ3n) is 4.68. The van der Waals surface area contributed by atoms with Crippen molar-refractivity contribution in [2.24, 2.45) is 5.92 Å². The molecule has 1 aliphatic heterocycles. The van der Waals surface area contributed by atoms with Crippen molar-refractivity contribution >= 4 is 17.8 Å². The molecule has 0 saturated carbocycles. The number of carboxylic acids is 1. The molecule has 0 radical (unpaired) electrons. The van der Waals surface area contributed by atoms with Gasteiger partial charge in [-0.2, -0.15) is 0 Å². The van der Waals surface area contributed by atoms with Gasteiger partial charge in [0.25, 0.3) is 0 Å². The van der Waals surface area contributed by atoms with Crippen LogP contribution < -0.4 is 4.74 Å². The number of ether oxygens (including phenoxy) is 1. The number of hydrogen-bond donors (Lipinski definition) is 1. The SMILES string of the molecule is CN(CC(=O)N1CCC(C(=O)O)CC1)C(=O)CCCOc1ccc(F)cc1F. The number of hydrogen-bond acceptors (Lipinski definition) is 4. The van der Waals surface area contributed by atoms with Gasteiger partial charge in [0.05, 0.1) is 19.1 Å². The highest BCUT2D eigenvalue weighted by Crippen LogP contribution is 2.18. The molecule has 1 fully saturated rings. The van der Waals surface area contributed by atoms with Crippen LogP contribution in [0.5, 0.6) is 5.75 Å². The minimum atomic E-state index is -0.845. The summed E-state index contributed by atoms with van der Waals surface area (Å²) in [5.41, 5.74) is 0. The van der Waals surface area contributed by atoms with Crippen molar-refractivity contribution < 1.29 is 33.0 Å². The van der Waals surface area contributed by atoms with E-state index in [1.807, 2.05) is 0 Å². The van der Waals surface area contributed by atoms with Gasteiger partial charge in [0, 0.05) is 32.6 Å². The normalized spacial score (nSPS) is 14.6. The van der Waals surface area contributed by atoms with Crippen LogP contribution in [-0.4, -0.2) is 66.0 Å². The van der Waals surface area contributed by atoms with Gasteiger partial charge in [-0.3, -0.25) is 14.4 Å². The Bertz CT molecular complexity index is 720. The van der Waals surface area contributed by atoms with Crippen LogP contribution in [0.3, 0.4) is 0 Å². The first kappa shape index (κ1) is 21.6. The lowest BCUT2D eigenvalue weighted by molar-refractivity contribution is -0.146. The van der Waals surface area contributed by atoms with E-state index in [0.717, 1.165) is 12.1 Å². The smallest absolute Gasteiger partial charge is 0.306 e. The molecule has 1 aromatic carbocycles.